The molecule has 0 aliphatic carbocycles. The predicted octanol–water partition coefficient (Wildman–Crippen LogP) is 19.2. The molecule has 6 nitrogen and oxygen atoms in total. The lowest BCUT2D eigenvalue weighted by Gasteiger charge is -2.18. The molecule has 0 aromatic carbocycles. The zero-order valence-corrected chi connectivity index (χ0v) is 44.6. The molecule has 6 heteroatoms. The summed E-state index contributed by atoms with van der Waals surface area (Å²) in [4.78, 5) is 38.1. The SMILES string of the molecule is CCCCCCC\C=C/C=C\C=C/CCCCCCCC(=O)OCC(COC(=O)CCCCC/C=C\CCCCCCCCC)OC(=O)CCCCCCC\C=C/C=C\C=C/CCCCCCC. The summed E-state index contributed by atoms with van der Waals surface area (Å²) in [6.07, 6.45) is 72.8. The van der Waals surface area contributed by atoms with Crippen molar-refractivity contribution in [2.75, 3.05) is 13.2 Å². The van der Waals surface area contributed by atoms with Gasteiger partial charge in [-0.3, -0.25) is 14.4 Å². The van der Waals surface area contributed by atoms with Crippen molar-refractivity contribution in [2.45, 2.75) is 277 Å². The number of rotatable bonds is 51. The number of carbonyl (C=O) groups excluding carboxylic acids is 3. The molecule has 1 unspecified atom stereocenters. The van der Waals surface area contributed by atoms with E-state index in [0.29, 0.717) is 19.3 Å². The molecule has 0 radical (unpaired) electrons. The van der Waals surface area contributed by atoms with Crippen LogP contribution in [0.15, 0.2) is 85.1 Å². The van der Waals surface area contributed by atoms with Gasteiger partial charge in [-0.1, -0.05) is 241 Å². The van der Waals surface area contributed by atoms with Gasteiger partial charge in [-0.2, -0.15) is 0 Å². The highest BCUT2D eigenvalue weighted by Crippen LogP contribution is 2.14. The van der Waals surface area contributed by atoms with Crippen molar-refractivity contribution in [3.63, 3.8) is 0 Å². The number of esters is 3. The van der Waals surface area contributed by atoms with Crippen LogP contribution in [0, 0.1) is 0 Å². The van der Waals surface area contributed by atoms with Gasteiger partial charge in [-0.15, -0.1) is 0 Å². The van der Waals surface area contributed by atoms with Crippen LogP contribution in [-0.2, 0) is 28.6 Å². The van der Waals surface area contributed by atoms with Crippen molar-refractivity contribution in [1.29, 1.82) is 0 Å². The molecule has 0 N–H and O–H groups in total. The zero-order valence-electron chi connectivity index (χ0n) is 44.6. The third kappa shape index (κ3) is 53.5. The number of unbranched alkanes of at least 4 members (excludes halogenated alkanes) is 30. The highest BCUT2D eigenvalue weighted by atomic mass is 16.6. The van der Waals surface area contributed by atoms with Crippen molar-refractivity contribution in [1.82, 2.24) is 0 Å². The highest BCUT2D eigenvalue weighted by molar-refractivity contribution is 5.71. The largest absolute Gasteiger partial charge is 0.462 e. The monoisotopic (exact) mass is 947 g/mol. The average Bonchev–Trinajstić information content (AvgIpc) is 3.34. The van der Waals surface area contributed by atoms with E-state index in [-0.39, 0.29) is 31.1 Å². The second-order valence-corrected chi connectivity index (χ2v) is 19.0. The third-order valence-electron chi connectivity index (χ3n) is 12.2. The number of hydrogen-bond donors (Lipinski definition) is 0. The Kier molecular flexibility index (Phi) is 53.4. The minimum absolute atomic E-state index is 0.0998. The fourth-order valence-electron chi connectivity index (χ4n) is 7.85. The molecule has 390 valence electrons. The normalized spacial score (nSPS) is 12.7. The molecule has 0 amide bonds. The van der Waals surface area contributed by atoms with Crippen molar-refractivity contribution >= 4 is 17.9 Å². The smallest absolute Gasteiger partial charge is 0.306 e. The molecule has 0 aromatic heterocycles. The van der Waals surface area contributed by atoms with Crippen LogP contribution in [0.5, 0.6) is 0 Å². The summed E-state index contributed by atoms with van der Waals surface area (Å²) in [5.41, 5.74) is 0. The van der Waals surface area contributed by atoms with Gasteiger partial charge in [-0.05, 0) is 96.3 Å². The first kappa shape index (κ1) is 64.6. The van der Waals surface area contributed by atoms with E-state index in [9.17, 15) is 14.4 Å². The topological polar surface area (TPSA) is 78.9 Å². The maximum absolute atomic E-state index is 12.8. The van der Waals surface area contributed by atoms with Gasteiger partial charge in [0.1, 0.15) is 13.2 Å². The minimum atomic E-state index is -0.803. The van der Waals surface area contributed by atoms with E-state index in [2.05, 4.69) is 106 Å². The Morgan fingerprint density at radius 1 is 0.294 bits per heavy atom. The summed E-state index contributed by atoms with van der Waals surface area (Å²) < 4.78 is 16.8. The van der Waals surface area contributed by atoms with Gasteiger partial charge in [-0.25, -0.2) is 0 Å². The second kappa shape index (κ2) is 56.2. The molecule has 0 rings (SSSR count). The molecule has 0 aliphatic rings. The Morgan fingerprint density at radius 3 is 0.868 bits per heavy atom. The summed E-state index contributed by atoms with van der Waals surface area (Å²) in [6.45, 7) is 6.56. The van der Waals surface area contributed by atoms with Crippen LogP contribution in [0.2, 0.25) is 0 Å². The first-order valence-electron chi connectivity index (χ1n) is 28.7. The first-order valence-corrected chi connectivity index (χ1v) is 28.7. The van der Waals surface area contributed by atoms with Crippen LogP contribution in [-0.4, -0.2) is 37.2 Å². The number of hydrogen-bond acceptors (Lipinski definition) is 6. The van der Waals surface area contributed by atoms with Crippen molar-refractivity contribution in [2.24, 2.45) is 0 Å². The maximum Gasteiger partial charge on any atom is 0.306 e. The van der Waals surface area contributed by atoms with Crippen LogP contribution in [0.1, 0.15) is 271 Å². The van der Waals surface area contributed by atoms with Crippen LogP contribution >= 0.6 is 0 Å². The first-order chi connectivity index (χ1) is 33.5. The molecule has 0 heterocycles. The molecule has 68 heavy (non-hydrogen) atoms. The lowest BCUT2D eigenvalue weighted by molar-refractivity contribution is -0.167. The van der Waals surface area contributed by atoms with Gasteiger partial charge in [0.15, 0.2) is 6.10 Å². The Balaban J connectivity index is 4.49. The molecule has 0 saturated carbocycles. The molecule has 1 atom stereocenters. The Hall–Kier alpha value is -3.41. The lowest BCUT2D eigenvalue weighted by atomic mass is 10.1. The Bertz CT molecular complexity index is 1320. The van der Waals surface area contributed by atoms with Crippen molar-refractivity contribution < 1.29 is 28.6 Å². The van der Waals surface area contributed by atoms with Gasteiger partial charge in [0.2, 0.25) is 0 Å². The number of allylic oxidation sites excluding steroid dienone is 14. The predicted molar refractivity (Wildman–Crippen MR) is 293 cm³/mol. The molecule has 0 bridgehead atoms. The van der Waals surface area contributed by atoms with E-state index in [4.69, 9.17) is 14.2 Å². The van der Waals surface area contributed by atoms with E-state index in [0.717, 1.165) is 122 Å². The van der Waals surface area contributed by atoms with E-state index < -0.39 is 6.10 Å². The van der Waals surface area contributed by atoms with E-state index in [1.165, 1.54) is 109 Å². The van der Waals surface area contributed by atoms with Crippen LogP contribution in [0.3, 0.4) is 0 Å². The summed E-state index contributed by atoms with van der Waals surface area (Å²) in [6, 6.07) is 0. The zero-order chi connectivity index (χ0) is 49.3. The summed E-state index contributed by atoms with van der Waals surface area (Å²) in [5.74, 6) is -0.949. The Labute approximate surface area is 420 Å². The van der Waals surface area contributed by atoms with E-state index >= 15 is 0 Å². The fraction of sp³-hybridized carbons (Fsp3) is 0.726. The molecule has 0 aliphatic heterocycles. The van der Waals surface area contributed by atoms with Gasteiger partial charge >= 0.3 is 17.9 Å². The third-order valence-corrected chi connectivity index (χ3v) is 12.2. The summed E-state index contributed by atoms with van der Waals surface area (Å²) in [5, 5.41) is 0. The molecule has 0 fully saturated rings. The average molecular weight is 948 g/mol. The summed E-state index contributed by atoms with van der Waals surface area (Å²) in [7, 11) is 0. The second-order valence-electron chi connectivity index (χ2n) is 19.0. The maximum atomic E-state index is 12.8. The fourth-order valence-corrected chi connectivity index (χ4v) is 7.85. The lowest BCUT2D eigenvalue weighted by Crippen LogP contribution is -2.30. The molecule has 0 aromatic rings. The van der Waals surface area contributed by atoms with Gasteiger partial charge in [0.05, 0.1) is 0 Å². The van der Waals surface area contributed by atoms with Crippen LogP contribution in [0.4, 0.5) is 0 Å². The van der Waals surface area contributed by atoms with E-state index in [1.54, 1.807) is 0 Å². The quantitative estimate of drug-likeness (QED) is 0.0199. The van der Waals surface area contributed by atoms with Gasteiger partial charge in [0.25, 0.3) is 0 Å². The Morgan fingerprint density at radius 2 is 0.544 bits per heavy atom. The molecule has 0 saturated heterocycles. The van der Waals surface area contributed by atoms with Gasteiger partial charge in [0, 0.05) is 19.3 Å². The summed E-state index contributed by atoms with van der Waals surface area (Å²) >= 11 is 0. The molecule has 0 spiro atoms. The van der Waals surface area contributed by atoms with Crippen molar-refractivity contribution in [3.05, 3.63) is 85.1 Å². The number of ether oxygens (including phenoxy) is 3. The van der Waals surface area contributed by atoms with E-state index in [1.807, 2.05) is 0 Å². The standard InChI is InChI=1S/C62H106O6/c1-4-7-10-13-16-19-22-25-28-30-32-34-37-40-43-46-49-52-55-61(64)67-58-59(57-66-60(63)54-51-48-45-42-39-36-27-24-21-18-15-12-9-6-3)68-62(65)56-53-50-47-44-41-38-35-33-31-29-26-23-20-17-14-11-8-5-2/h22-23,25-26,28-36,39,59H,4-21,24,27,37-38,40-58H2,1-3H3/b25-22-,26-23-,30-28-,31-29-,34-32-,35-33-,39-36-. The van der Waals surface area contributed by atoms with Gasteiger partial charge < -0.3 is 14.2 Å². The minimum Gasteiger partial charge on any atom is -0.462 e. The number of carbonyl (C=O) groups is 3. The van der Waals surface area contributed by atoms with Crippen LogP contribution < -0.4 is 0 Å². The van der Waals surface area contributed by atoms with Crippen molar-refractivity contribution in [3.8, 4) is 0 Å². The molecular weight excluding hydrogens is 841 g/mol. The molecular formula is C62H106O6. The van der Waals surface area contributed by atoms with Crippen LogP contribution in [0.25, 0.3) is 0 Å². The highest BCUT2D eigenvalue weighted by Gasteiger charge is 2.19.